The summed E-state index contributed by atoms with van der Waals surface area (Å²) in [6.07, 6.45) is 14.3. The Bertz CT molecular complexity index is 2050. The van der Waals surface area contributed by atoms with E-state index in [2.05, 4.69) is 86.8 Å². The van der Waals surface area contributed by atoms with Gasteiger partial charge in [-0.1, -0.05) is 37.8 Å². The number of aryl methyl sites for hydroxylation is 1. The Hall–Kier alpha value is -4.77. The second-order valence-electron chi connectivity index (χ2n) is 16.1. The van der Waals surface area contributed by atoms with Crippen molar-refractivity contribution >= 4 is 64.3 Å². The third-order valence-corrected chi connectivity index (χ3v) is 12.9. The number of benzene rings is 2. The van der Waals surface area contributed by atoms with E-state index in [9.17, 15) is 14.4 Å². The fraction of sp³-hybridized carbons (Fsp3) is 0.535. The van der Waals surface area contributed by atoms with Crippen LogP contribution in [0.2, 0.25) is 0 Å². The lowest BCUT2D eigenvalue weighted by molar-refractivity contribution is -0.118. The molecule has 316 valence electrons. The van der Waals surface area contributed by atoms with Crippen molar-refractivity contribution in [2.24, 2.45) is 7.05 Å². The van der Waals surface area contributed by atoms with Crippen molar-refractivity contribution < 1.29 is 19.5 Å². The summed E-state index contributed by atoms with van der Waals surface area (Å²) in [5.41, 5.74) is 4.22. The van der Waals surface area contributed by atoms with Crippen molar-refractivity contribution in [1.29, 1.82) is 0 Å². The molecule has 2 aromatic carbocycles. The second kappa shape index (κ2) is 20.0. The molecule has 5 N–H and O–H groups in total. The fourth-order valence-electron chi connectivity index (χ4n) is 8.20. The molecule has 5 heterocycles. The summed E-state index contributed by atoms with van der Waals surface area (Å²) in [6, 6.07) is 15.3. The smallest absolute Gasteiger partial charge is 0.236 e. The Labute approximate surface area is 351 Å². The van der Waals surface area contributed by atoms with Crippen molar-refractivity contribution in [3.63, 3.8) is 0 Å². The standard InChI is InChI=1S/C28H37N7O2S.C9H10N4O.C6H12O/c1-32-26-19-23(8-9-25(26)28(31-32)30-27(37)10-11-29-21-36)34-16-14-33(15-17-34)20-22-6-5-7-24(18-22)38-35-12-3-2-4-13-35;1-10-8-11-4-5-6(13-8)12-7(14)9(5)2-3-9;7-6-4-2-1-3-5-6/h5-9,18-19,21H,2-4,10-17,20H2,1H3,(H,29,36)(H,30,31,37);4H,2-3H2,1H3,(H2,10,11,12,13,14);6-7H,1-5H2. The molecule has 0 bridgehead atoms. The highest BCUT2D eigenvalue weighted by Gasteiger charge is 2.57. The molecule has 1 spiro atoms. The summed E-state index contributed by atoms with van der Waals surface area (Å²) < 4.78 is 4.31. The highest BCUT2D eigenvalue weighted by molar-refractivity contribution is 7.97. The molecule has 2 aliphatic carbocycles. The number of aliphatic hydroxyl groups excluding tert-OH is 1. The van der Waals surface area contributed by atoms with E-state index in [1.54, 1.807) is 13.2 Å². The van der Waals surface area contributed by atoms with Gasteiger partial charge in [-0.25, -0.2) is 9.29 Å². The van der Waals surface area contributed by atoms with Gasteiger partial charge in [0.1, 0.15) is 5.82 Å². The molecule has 0 atom stereocenters. The van der Waals surface area contributed by atoms with Crippen LogP contribution in [0.3, 0.4) is 0 Å². The molecule has 3 aliphatic heterocycles. The molecule has 2 saturated carbocycles. The number of piperazine rings is 1. The summed E-state index contributed by atoms with van der Waals surface area (Å²) in [4.78, 5) is 48.8. The summed E-state index contributed by atoms with van der Waals surface area (Å²) in [5.74, 6) is 1.68. The molecule has 0 unspecified atom stereocenters. The predicted molar refractivity (Wildman–Crippen MR) is 233 cm³/mol. The maximum Gasteiger partial charge on any atom is 0.236 e. The van der Waals surface area contributed by atoms with Crippen LogP contribution in [-0.4, -0.2) is 111 Å². The Kier molecular flexibility index (Phi) is 14.4. The van der Waals surface area contributed by atoms with Gasteiger partial charge in [0.25, 0.3) is 0 Å². The number of carbonyl (C=O) groups excluding carboxylic acids is 3. The number of nitrogens with one attached hydrogen (secondary N) is 4. The number of aromatic nitrogens is 4. The third kappa shape index (κ3) is 10.9. The van der Waals surface area contributed by atoms with Gasteiger partial charge < -0.3 is 31.3 Å². The van der Waals surface area contributed by atoms with Crippen molar-refractivity contribution in [1.82, 2.24) is 34.3 Å². The molecule has 2 aromatic heterocycles. The minimum atomic E-state index is -0.276. The molecular weight excluding hydrogens is 767 g/mol. The van der Waals surface area contributed by atoms with E-state index >= 15 is 0 Å². The number of hydrogen-bond donors (Lipinski definition) is 5. The van der Waals surface area contributed by atoms with Crippen LogP contribution in [0.1, 0.15) is 81.8 Å². The summed E-state index contributed by atoms with van der Waals surface area (Å²) >= 11 is 1.91. The van der Waals surface area contributed by atoms with E-state index in [-0.39, 0.29) is 29.8 Å². The zero-order chi connectivity index (χ0) is 41.2. The maximum atomic E-state index is 12.2. The minimum absolute atomic E-state index is 0.0359. The van der Waals surface area contributed by atoms with Crippen LogP contribution in [0.5, 0.6) is 0 Å². The number of rotatable bonds is 11. The van der Waals surface area contributed by atoms with E-state index in [0.717, 1.165) is 74.9 Å². The number of anilines is 4. The highest BCUT2D eigenvalue weighted by Crippen LogP contribution is 2.54. The van der Waals surface area contributed by atoms with Gasteiger partial charge in [-0.2, -0.15) is 10.1 Å². The summed E-state index contributed by atoms with van der Waals surface area (Å²) in [5, 5.41) is 25.3. The number of nitrogens with zero attached hydrogens (tertiary/aromatic N) is 7. The lowest BCUT2D eigenvalue weighted by Crippen LogP contribution is -2.45. The molecule has 59 heavy (non-hydrogen) atoms. The number of piperidine rings is 1. The van der Waals surface area contributed by atoms with Crippen LogP contribution in [0.15, 0.2) is 53.6 Å². The van der Waals surface area contributed by atoms with Gasteiger partial charge in [0.15, 0.2) is 5.82 Å². The largest absolute Gasteiger partial charge is 0.393 e. The van der Waals surface area contributed by atoms with E-state index < -0.39 is 0 Å². The summed E-state index contributed by atoms with van der Waals surface area (Å²) in [7, 11) is 3.65. The number of hydrogen-bond acceptors (Lipinski definition) is 12. The third-order valence-electron chi connectivity index (χ3n) is 11.8. The average molecular weight is 826 g/mol. The molecule has 2 saturated heterocycles. The van der Waals surface area contributed by atoms with Crippen LogP contribution < -0.4 is 26.2 Å². The van der Waals surface area contributed by atoms with Crippen LogP contribution in [-0.2, 0) is 33.4 Å². The second-order valence-corrected chi connectivity index (χ2v) is 17.2. The SMILES string of the molecule is CNc1ncc2c(n1)NC(=O)C21CC1.Cn1nc(NC(=O)CCNC=O)c2ccc(N3CCN(Cc4cccc(SN5CCCCC5)c4)CC3)cc21.OC1CCCCC1. The van der Waals surface area contributed by atoms with Crippen LogP contribution >= 0.6 is 11.9 Å². The van der Waals surface area contributed by atoms with Gasteiger partial charge in [0.05, 0.1) is 17.0 Å². The Morgan fingerprint density at radius 2 is 1.76 bits per heavy atom. The van der Waals surface area contributed by atoms with E-state index in [1.165, 1.54) is 67.8 Å². The topological polar surface area (TPSA) is 173 Å². The quantitative estimate of drug-likeness (QED) is 0.0755. The van der Waals surface area contributed by atoms with Gasteiger partial charge >= 0.3 is 0 Å². The van der Waals surface area contributed by atoms with E-state index in [4.69, 9.17) is 5.11 Å². The van der Waals surface area contributed by atoms with Gasteiger partial charge in [-0.3, -0.25) is 24.0 Å². The molecule has 3 amide bonds. The zero-order valence-electron chi connectivity index (χ0n) is 34.4. The average Bonchev–Trinajstić information content (AvgIpc) is 3.95. The number of amides is 3. The van der Waals surface area contributed by atoms with Gasteiger partial charge in [-0.15, -0.1) is 0 Å². The predicted octanol–water partition coefficient (Wildman–Crippen LogP) is 5.28. The van der Waals surface area contributed by atoms with Crippen LogP contribution in [0, 0.1) is 0 Å². The van der Waals surface area contributed by atoms with Crippen molar-refractivity contribution in [2.75, 3.05) is 73.7 Å². The lowest BCUT2D eigenvalue weighted by atomic mass is 9.98. The number of aliphatic hydroxyl groups is 1. The molecule has 9 rings (SSSR count). The highest BCUT2D eigenvalue weighted by atomic mass is 32.2. The van der Waals surface area contributed by atoms with E-state index in [1.807, 2.05) is 29.7 Å². The maximum absolute atomic E-state index is 12.2. The first-order chi connectivity index (χ1) is 28.7. The first-order valence-electron chi connectivity index (χ1n) is 21.2. The normalized spacial score (nSPS) is 18.8. The van der Waals surface area contributed by atoms with Gasteiger partial charge in [0.2, 0.25) is 24.2 Å². The monoisotopic (exact) mass is 825 g/mol. The molecule has 15 nitrogen and oxygen atoms in total. The van der Waals surface area contributed by atoms with E-state index in [0.29, 0.717) is 30.5 Å². The van der Waals surface area contributed by atoms with Crippen molar-refractivity contribution in [2.45, 2.75) is 93.6 Å². The van der Waals surface area contributed by atoms with Gasteiger partial charge in [0, 0.05) is 101 Å². The molecule has 4 fully saturated rings. The van der Waals surface area contributed by atoms with Gasteiger partial charge in [-0.05, 0) is 86.4 Å². The molecular formula is C43H59N11O4S. The Morgan fingerprint density at radius 1 is 1.00 bits per heavy atom. The Balaban J connectivity index is 0.000000202. The molecule has 4 aromatic rings. The molecule has 16 heteroatoms. The fourth-order valence-corrected chi connectivity index (χ4v) is 9.28. The summed E-state index contributed by atoms with van der Waals surface area (Å²) in [6.45, 7) is 7.65. The lowest BCUT2D eigenvalue weighted by Gasteiger charge is -2.36. The Morgan fingerprint density at radius 3 is 2.46 bits per heavy atom. The molecule has 5 aliphatic rings. The molecule has 0 radical (unpaired) electrons. The van der Waals surface area contributed by atoms with Crippen LogP contribution in [0.4, 0.5) is 23.3 Å². The van der Waals surface area contributed by atoms with Crippen molar-refractivity contribution in [3.05, 3.63) is 59.8 Å². The zero-order valence-corrected chi connectivity index (χ0v) is 35.2. The van der Waals surface area contributed by atoms with Crippen molar-refractivity contribution in [3.8, 4) is 0 Å². The first kappa shape index (κ1) is 42.4. The number of carbonyl (C=O) groups is 3. The van der Waals surface area contributed by atoms with Crippen LogP contribution in [0.25, 0.3) is 10.9 Å². The number of fused-ring (bicyclic) bond motifs is 3. The minimum Gasteiger partial charge on any atom is -0.393 e. The first-order valence-corrected chi connectivity index (χ1v) is 22.0.